The average Bonchev–Trinajstić information content (AvgIpc) is 2.62. The molecule has 0 spiro atoms. The summed E-state index contributed by atoms with van der Waals surface area (Å²) in [7, 11) is 0. The van der Waals surface area contributed by atoms with Gasteiger partial charge in [0.05, 0.1) is 11.8 Å². The van der Waals surface area contributed by atoms with E-state index in [4.69, 9.17) is 0 Å². The van der Waals surface area contributed by atoms with Crippen LogP contribution in [0.3, 0.4) is 0 Å². The molecular formula is C20H15N2+. The van der Waals surface area contributed by atoms with Crippen LogP contribution in [0, 0.1) is 0 Å². The fraction of sp³-hybridized carbons (Fsp3) is 0. The molecule has 0 fully saturated rings. The van der Waals surface area contributed by atoms with Crippen LogP contribution < -0.4 is 4.40 Å². The number of aromatic nitrogens is 2. The van der Waals surface area contributed by atoms with Gasteiger partial charge in [-0.3, -0.25) is 0 Å². The molecule has 0 atom stereocenters. The summed E-state index contributed by atoms with van der Waals surface area (Å²) in [6.45, 7) is 0. The predicted molar refractivity (Wildman–Crippen MR) is 88.3 cm³/mol. The second-order valence-corrected chi connectivity index (χ2v) is 5.18. The number of fused-ring (bicyclic) bond motifs is 1. The Hall–Kier alpha value is -3.00. The highest BCUT2D eigenvalue weighted by Gasteiger charge is 2.18. The second-order valence-electron chi connectivity index (χ2n) is 5.18. The molecule has 4 rings (SSSR count). The highest BCUT2D eigenvalue weighted by atomic mass is 15.0. The lowest BCUT2D eigenvalue weighted by Gasteiger charge is -2.08. The van der Waals surface area contributed by atoms with E-state index in [0.717, 1.165) is 16.9 Å². The predicted octanol–water partition coefficient (Wildman–Crippen LogP) is 4.15. The van der Waals surface area contributed by atoms with E-state index < -0.39 is 0 Å². The van der Waals surface area contributed by atoms with Gasteiger partial charge in [0.2, 0.25) is 0 Å². The molecule has 104 valence electrons. The van der Waals surface area contributed by atoms with Crippen molar-refractivity contribution in [2.75, 3.05) is 0 Å². The van der Waals surface area contributed by atoms with Crippen molar-refractivity contribution in [3.63, 3.8) is 0 Å². The van der Waals surface area contributed by atoms with E-state index in [0.29, 0.717) is 0 Å². The summed E-state index contributed by atoms with van der Waals surface area (Å²) in [6.07, 6.45) is 4.03. The molecule has 2 nitrogen and oxygen atoms in total. The molecule has 0 aliphatic rings. The number of hydrogen-bond acceptors (Lipinski definition) is 1. The molecule has 0 amide bonds. The maximum atomic E-state index is 4.61. The topological polar surface area (TPSA) is 17.0 Å². The lowest BCUT2D eigenvalue weighted by Crippen LogP contribution is -2.26. The Bertz CT molecular complexity index is 916. The minimum atomic E-state index is 0.945. The number of hydrogen-bond donors (Lipinski definition) is 0. The van der Waals surface area contributed by atoms with Crippen molar-refractivity contribution in [2.24, 2.45) is 0 Å². The SMILES string of the molecule is c1ccc(-c2cnc3cccc[n+]3c2-c2ccccc2)cc1. The van der Waals surface area contributed by atoms with Gasteiger partial charge in [-0.15, -0.1) is 0 Å². The molecule has 0 saturated heterocycles. The Labute approximate surface area is 129 Å². The molecule has 0 aliphatic carbocycles. The molecule has 2 aromatic heterocycles. The molecule has 22 heavy (non-hydrogen) atoms. The summed E-state index contributed by atoms with van der Waals surface area (Å²) in [5, 5.41) is 0. The molecule has 0 saturated carbocycles. The minimum absolute atomic E-state index is 0.945. The lowest BCUT2D eigenvalue weighted by atomic mass is 10.0. The van der Waals surface area contributed by atoms with E-state index in [1.54, 1.807) is 0 Å². The van der Waals surface area contributed by atoms with Crippen LogP contribution in [0.2, 0.25) is 0 Å². The van der Waals surface area contributed by atoms with E-state index >= 15 is 0 Å². The zero-order chi connectivity index (χ0) is 14.8. The van der Waals surface area contributed by atoms with Gasteiger partial charge in [0.25, 0.3) is 0 Å². The first-order valence-electron chi connectivity index (χ1n) is 7.34. The van der Waals surface area contributed by atoms with Crippen LogP contribution in [-0.4, -0.2) is 4.98 Å². The molecule has 0 unspecified atom stereocenters. The normalized spacial score (nSPS) is 10.7. The fourth-order valence-electron chi connectivity index (χ4n) is 2.77. The van der Waals surface area contributed by atoms with Crippen molar-refractivity contribution >= 4 is 5.65 Å². The third-order valence-corrected chi connectivity index (χ3v) is 3.79. The van der Waals surface area contributed by atoms with Crippen LogP contribution in [0.4, 0.5) is 0 Å². The Morgan fingerprint density at radius 3 is 2.00 bits per heavy atom. The molecular weight excluding hydrogens is 268 g/mol. The first-order valence-corrected chi connectivity index (χ1v) is 7.34. The summed E-state index contributed by atoms with van der Waals surface area (Å²) >= 11 is 0. The highest BCUT2D eigenvalue weighted by Crippen LogP contribution is 2.28. The summed E-state index contributed by atoms with van der Waals surface area (Å²) in [4.78, 5) is 4.61. The van der Waals surface area contributed by atoms with E-state index in [1.807, 2.05) is 36.5 Å². The number of nitrogens with zero attached hydrogens (tertiary/aromatic N) is 2. The molecule has 0 N–H and O–H groups in total. The molecule has 2 heterocycles. The second kappa shape index (κ2) is 5.41. The van der Waals surface area contributed by atoms with Crippen molar-refractivity contribution in [3.05, 3.63) is 91.3 Å². The van der Waals surface area contributed by atoms with E-state index in [2.05, 4.69) is 64.1 Å². The number of rotatable bonds is 2. The zero-order valence-corrected chi connectivity index (χ0v) is 12.1. The third-order valence-electron chi connectivity index (χ3n) is 3.79. The van der Waals surface area contributed by atoms with Gasteiger partial charge >= 0.3 is 5.65 Å². The largest absolute Gasteiger partial charge is 0.328 e. The Morgan fingerprint density at radius 2 is 1.27 bits per heavy atom. The minimum Gasteiger partial charge on any atom is -0.195 e. The van der Waals surface area contributed by atoms with E-state index in [-0.39, 0.29) is 0 Å². The zero-order valence-electron chi connectivity index (χ0n) is 12.1. The maximum absolute atomic E-state index is 4.61. The fourth-order valence-corrected chi connectivity index (χ4v) is 2.77. The van der Waals surface area contributed by atoms with Crippen LogP contribution in [0.1, 0.15) is 0 Å². The third kappa shape index (κ3) is 2.15. The molecule has 0 radical (unpaired) electrons. The first kappa shape index (κ1) is 12.7. The molecule has 4 aromatic rings. The monoisotopic (exact) mass is 283 g/mol. The van der Waals surface area contributed by atoms with Gasteiger partial charge in [0.15, 0.2) is 11.9 Å². The van der Waals surface area contributed by atoms with E-state index in [1.165, 1.54) is 11.1 Å². The first-order chi connectivity index (χ1) is 10.9. The van der Waals surface area contributed by atoms with Crippen LogP contribution in [0.25, 0.3) is 28.0 Å². The summed E-state index contributed by atoms with van der Waals surface area (Å²) in [5.74, 6) is 0. The highest BCUT2D eigenvalue weighted by molar-refractivity contribution is 5.78. The van der Waals surface area contributed by atoms with Crippen molar-refractivity contribution in [1.29, 1.82) is 0 Å². The molecule has 2 aromatic carbocycles. The van der Waals surface area contributed by atoms with Crippen molar-refractivity contribution in [1.82, 2.24) is 4.98 Å². The maximum Gasteiger partial charge on any atom is 0.328 e. The van der Waals surface area contributed by atoms with Crippen LogP contribution in [0.15, 0.2) is 91.3 Å². The Morgan fingerprint density at radius 1 is 0.636 bits per heavy atom. The van der Waals surface area contributed by atoms with Gasteiger partial charge in [-0.05, 0) is 16.6 Å². The summed E-state index contributed by atoms with van der Waals surface area (Å²) < 4.78 is 2.15. The van der Waals surface area contributed by atoms with E-state index in [9.17, 15) is 0 Å². The van der Waals surface area contributed by atoms with Crippen LogP contribution >= 0.6 is 0 Å². The Kier molecular flexibility index (Phi) is 3.13. The number of benzene rings is 2. The van der Waals surface area contributed by atoms with Crippen LogP contribution in [-0.2, 0) is 0 Å². The van der Waals surface area contributed by atoms with Gasteiger partial charge in [-0.2, -0.15) is 4.40 Å². The van der Waals surface area contributed by atoms with Crippen LogP contribution in [0.5, 0.6) is 0 Å². The van der Waals surface area contributed by atoms with Crippen molar-refractivity contribution in [2.45, 2.75) is 0 Å². The number of pyridine rings is 1. The molecule has 2 heteroatoms. The lowest BCUT2D eigenvalue weighted by molar-refractivity contribution is -0.501. The molecule has 0 bridgehead atoms. The van der Waals surface area contributed by atoms with Gasteiger partial charge in [0.1, 0.15) is 0 Å². The smallest absolute Gasteiger partial charge is 0.195 e. The van der Waals surface area contributed by atoms with Crippen molar-refractivity contribution < 1.29 is 4.40 Å². The quantitative estimate of drug-likeness (QED) is 0.505. The van der Waals surface area contributed by atoms with Gasteiger partial charge < -0.3 is 0 Å². The van der Waals surface area contributed by atoms with Gasteiger partial charge in [-0.1, -0.05) is 66.7 Å². The van der Waals surface area contributed by atoms with Crippen molar-refractivity contribution in [3.8, 4) is 22.4 Å². The molecule has 0 aliphatic heterocycles. The summed E-state index contributed by atoms with van der Waals surface area (Å²) in [6, 6.07) is 26.9. The summed E-state index contributed by atoms with van der Waals surface area (Å²) in [5.41, 5.74) is 5.60. The van der Waals surface area contributed by atoms with Gasteiger partial charge in [0, 0.05) is 11.6 Å². The van der Waals surface area contributed by atoms with Gasteiger partial charge in [-0.25, -0.2) is 0 Å². The Balaban J connectivity index is 2.09. The standard InChI is InChI=1S/C20H15N2/c1-3-9-16(10-4-1)18-15-21-19-13-7-8-14-22(19)20(18)17-11-5-2-6-12-17/h1-15H/q+1. The average molecular weight is 283 g/mol.